The highest BCUT2D eigenvalue weighted by molar-refractivity contribution is 6.03. The van der Waals surface area contributed by atoms with E-state index in [1.165, 1.54) is 19.1 Å². The monoisotopic (exact) mass is 257 g/mol. The Labute approximate surface area is 108 Å². The second-order valence-electron chi connectivity index (χ2n) is 3.89. The molecule has 0 atom stereocenters. The molecule has 19 heavy (non-hydrogen) atoms. The smallest absolute Gasteiger partial charge is 0.276 e. The van der Waals surface area contributed by atoms with Crippen LogP contribution in [0.4, 0.5) is 5.69 Å². The molecule has 6 nitrogen and oxygen atoms in total. The summed E-state index contributed by atoms with van der Waals surface area (Å²) in [5, 5.41) is 8.41. The van der Waals surface area contributed by atoms with Crippen molar-refractivity contribution in [2.75, 3.05) is 5.32 Å². The number of aromatic nitrogens is 2. The van der Waals surface area contributed by atoms with Gasteiger partial charge >= 0.3 is 0 Å². The van der Waals surface area contributed by atoms with E-state index in [0.29, 0.717) is 11.3 Å². The lowest BCUT2D eigenvalue weighted by atomic mass is 10.1. The third-order valence-corrected chi connectivity index (χ3v) is 2.46. The van der Waals surface area contributed by atoms with E-state index in [9.17, 15) is 14.4 Å². The van der Waals surface area contributed by atoms with Gasteiger partial charge in [0.25, 0.3) is 11.5 Å². The first-order chi connectivity index (χ1) is 9.06. The van der Waals surface area contributed by atoms with Crippen molar-refractivity contribution in [2.24, 2.45) is 0 Å². The Kier molecular flexibility index (Phi) is 3.51. The molecular weight excluding hydrogens is 246 g/mol. The van der Waals surface area contributed by atoms with Crippen molar-refractivity contribution in [1.29, 1.82) is 0 Å². The third-order valence-electron chi connectivity index (χ3n) is 2.46. The molecular formula is C13H11N3O3. The molecule has 1 heterocycles. The highest BCUT2D eigenvalue weighted by atomic mass is 16.2. The first kappa shape index (κ1) is 12.7. The van der Waals surface area contributed by atoms with Crippen molar-refractivity contribution in [3.8, 4) is 0 Å². The summed E-state index contributed by atoms with van der Waals surface area (Å²) in [6, 6.07) is 9.05. The minimum Gasteiger partial charge on any atom is -0.321 e. The van der Waals surface area contributed by atoms with Gasteiger partial charge in [-0.1, -0.05) is 0 Å². The molecule has 0 saturated carbocycles. The Balaban J connectivity index is 2.12. The summed E-state index contributed by atoms with van der Waals surface area (Å²) in [6.07, 6.45) is 0. The number of ketones is 1. The number of nitrogens with zero attached hydrogens (tertiary/aromatic N) is 1. The summed E-state index contributed by atoms with van der Waals surface area (Å²) in [4.78, 5) is 33.7. The molecule has 0 radical (unpaired) electrons. The van der Waals surface area contributed by atoms with Crippen LogP contribution < -0.4 is 10.9 Å². The standard InChI is InChI=1S/C13H11N3O3/c1-8(17)9-2-4-10(5-3-9)14-13(19)11-6-7-12(18)16-15-11/h2-7H,1H3,(H,14,19)(H,16,18). The average molecular weight is 257 g/mol. The zero-order valence-electron chi connectivity index (χ0n) is 10.1. The summed E-state index contributed by atoms with van der Waals surface area (Å²) in [5.41, 5.74) is 0.848. The quantitative estimate of drug-likeness (QED) is 0.809. The van der Waals surface area contributed by atoms with Gasteiger partial charge in [0.15, 0.2) is 5.78 Å². The first-order valence-corrected chi connectivity index (χ1v) is 5.54. The zero-order valence-corrected chi connectivity index (χ0v) is 10.1. The second-order valence-corrected chi connectivity index (χ2v) is 3.89. The van der Waals surface area contributed by atoms with Crippen molar-refractivity contribution >= 4 is 17.4 Å². The van der Waals surface area contributed by atoms with Gasteiger partial charge in [-0.2, -0.15) is 5.10 Å². The van der Waals surface area contributed by atoms with E-state index in [2.05, 4.69) is 15.5 Å². The molecule has 2 N–H and O–H groups in total. The number of benzene rings is 1. The number of amides is 1. The predicted octanol–water partition coefficient (Wildman–Crippen LogP) is 1.22. The molecule has 0 bridgehead atoms. The van der Waals surface area contributed by atoms with Crippen LogP contribution in [0, 0.1) is 0 Å². The maximum atomic E-state index is 11.8. The van der Waals surface area contributed by atoms with Crippen LogP contribution in [0.3, 0.4) is 0 Å². The highest BCUT2D eigenvalue weighted by Gasteiger charge is 2.08. The Morgan fingerprint density at radius 1 is 1.11 bits per heavy atom. The van der Waals surface area contributed by atoms with Gasteiger partial charge in [-0.15, -0.1) is 0 Å². The minimum absolute atomic E-state index is 0.0415. The fourth-order valence-corrected chi connectivity index (χ4v) is 1.45. The molecule has 0 aliphatic carbocycles. The largest absolute Gasteiger partial charge is 0.321 e. The van der Waals surface area contributed by atoms with Crippen LogP contribution in [0.15, 0.2) is 41.2 Å². The lowest BCUT2D eigenvalue weighted by Crippen LogP contribution is -2.17. The number of carbonyl (C=O) groups is 2. The van der Waals surface area contributed by atoms with Crippen LogP contribution >= 0.6 is 0 Å². The fourth-order valence-electron chi connectivity index (χ4n) is 1.45. The predicted molar refractivity (Wildman–Crippen MR) is 69.3 cm³/mol. The molecule has 0 aliphatic heterocycles. The number of Topliss-reactive ketones (excluding diaryl/α,β-unsaturated/α-hetero) is 1. The lowest BCUT2D eigenvalue weighted by Gasteiger charge is -2.04. The van der Waals surface area contributed by atoms with E-state index in [4.69, 9.17) is 0 Å². The summed E-state index contributed by atoms with van der Waals surface area (Å²) >= 11 is 0. The molecule has 2 rings (SSSR count). The van der Waals surface area contributed by atoms with E-state index in [1.54, 1.807) is 24.3 Å². The first-order valence-electron chi connectivity index (χ1n) is 5.54. The molecule has 1 aromatic carbocycles. The number of H-pyrrole nitrogens is 1. The molecule has 6 heteroatoms. The van der Waals surface area contributed by atoms with Gasteiger partial charge in [0.1, 0.15) is 5.69 Å². The Bertz CT molecular complexity index is 654. The van der Waals surface area contributed by atoms with Crippen LogP contribution in [0.2, 0.25) is 0 Å². The maximum absolute atomic E-state index is 11.8. The normalized spacial score (nSPS) is 9.95. The zero-order chi connectivity index (χ0) is 13.8. The van der Waals surface area contributed by atoms with Crippen LogP contribution in [-0.4, -0.2) is 21.9 Å². The lowest BCUT2D eigenvalue weighted by molar-refractivity contribution is 0.101. The van der Waals surface area contributed by atoms with Crippen molar-refractivity contribution in [3.63, 3.8) is 0 Å². The van der Waals surface area contributed by atoms with E-state index < -0.39 is 5.91 Å². The fraction of sp³-hybridized carbons (Fsp3) is 0.0769. The highest BCUT2D eigenvalue weighted by Crippen LogP contribution is 2.10. The van der Waals surface area contributed by atoms with E-state index in [0.717, 1.165) is 0 Å². The van der Waals surface area contributed by atoms with Gasteiger partial charge in [0.05, 0.1) is 0 Å². The SMILES string of the molecule is CC(=O)c1ccc(NC(=O)c2ccc(=O)[nH]n2)cc1. The van der Waals surface area contributed by atoms with Gasteiger partial charge in [0.2, 0.25) is 0 Å². The second kappa shape index (κ2) is 5.26. The molecule has 96 valence electrons. The van der Waals surface area contributed by atoms with Crippen molar-refractivity contribution < 1.29 is 9.59 Å². The number of hydrogen-bond acceptors (Lipinski definition) is 4. The third kappa shape index (κ3) is 3.12. The van der Waals surface area contributed by atoms with Crippen LogP contribution in [0.5, 0.6) is 0 Å². The molecule has 0 unspecified atom stereocenters. The van der Waals surface area contributed by atoms with Gasteiger partial charge in [-0.05, 0) is 37.3 Å². The molecule has 1 aromatic heterocycles. The van der Waals surface area contributed by atoms with E-state index in [1.807, 2.05) is 0 Å². The summed E-state index contributed by atoms with van der Waals surface area (Å²) < 4.78 is 0. The molecule has 0 spiro atoms. The van der Waals surface area contributed by atoms with E-state index >= 15 is 0 Å². The molecule has 0 fully saturated rings. The van der Waals surface area contributed by atoms with Crippen molar-refractivity contribution in [2.45, 2.75) is 6.92 Å². The number of aromatic amines is 1. The van der Waals surface area contributed by atoms with Gasteiger partial charge in [0, 0.05) is 17.3 Å². The maximum Gasteiger partial charge on any atom is 0.276 e. The van der Waals surface area contributed by atoms with Gasteiger partial charge in [-0.3, -0.25) is 14.4 Å². The Hall–Kier alpha value is -2.76. The molecule has 0 saturated heterocycles. The number of hydrogen-bond donors (Lipinski definition) is 2. The topological polar surface area (TPSA) is 91.9 Å². The van der Waals surface area contributed by atoms with Crippen molar-refractivity contribution in [1.82, 2.24) is 10.2 Å². The summed E-state index contributed by atoms with van der Waals surface area (Å²) in [5.74, 6) is -0.480. The van der Waals surface area contributed by atoms with Crippen LogP contribution in [-0.2, 0) is 0 Å². The number of carbonyl (C=O) groups excluding carboxylic acids is 2. The van der Waals surface area contributed by atoms with Gasteiger partial charge < -0.3 is 5.32 Å². The minimum atomic E-state index is -0.438. The van der Waals surface area contributed by atoms with Crippen molar-refractivity contribution in [3.05, 3.63) is 58.0 Å². The number of nitrogens with one attached hydrogen (secondary N) is 2. The average Bonchev–Trinajstić information content (AvgIpc) is 2.40. The number of anilines is 1. The summed E-state index contributed by atoms with van der Waals surface area (Å²) in [7, 11) is 0. The molecule has 2 aromatic rings. The number of rotatable bonds is 3. The molecule has 1 amide bonds. The van der Waals surface area contributed by atoms with Gasteiger partial charge in [-0.25, -0.2) is 5.10 Å². The summed E-state index contributed by atoms with van der Waals surface area (Å²) in [6.45, 7) is 1.47. The Morgan fingerprint density at radius 2 is 1.79 bits per heavy atom. The Morgan fingerprint density at radius 3 is 2.32 bits per heavy atom. The van der Waals surface area contributed by atoms with E-state index in [-0.39, 0.29) is 17.0 Å². The molecule has 0 aliphatic rings. The van der Waals surface area contributed by atoms with Crippen LogP contribution in [0.25, 0.3) is 0 Å². The van der Waals surface area contributed by atoms with Crippen LogP contribution in [0.1, 0.15) is 27.8 Å².